The Morgan fingerprint density at radius 3 is 1.38 bits per heavy atom. The number of carbonyl (C=O) groups is 4. The van der Waals surface area contributed by atoms with E-state index >= 15 is 8.78 Å². The molecule has 456 valence electrons. The molecule has 0 saturated heterocycles. The Morgan fingerprint density at radius 2 is 1.03 bits per heavy atom. The molecule has 86 heavy (non-hydrogen) atoms. The van der Waals surface area contributed by atoms with E-state index in [9.17, 15) is 39.0 Å². The second-order valence-corrected chi connectivity index (χ2v) is 28.8. The molecule has 0 radical (unpaired) electrons. The third kappa shape index (κ3) is 10.2. The maximum atomic E-state index is 15.1. The molecule has 18 nitrogen and oxygen atoms in total. The molecule has 6 atom stereocenters. The van der Waals surface area contributed by atoms with Gasteiger partial charge in [-0.25, -0.2) is 37.9 Å². The number of carbonyl (C=O) groups excluding carboxylic acids is 4. The van der Waals surface area contributed by atoms with E-state index in [1.54, 1.807) is 92.1 Å². The van der Waals surface area contributed by atoms with Gasteiger partial charge in [-0.15, -0.1) is 0 Å². The standard InChI is InChI=1S/2C31H34FN3O6S2/c2*1-6-31(39)19-9-23-27-17(11-35(23)28(36)18(19)12-40-29(31)37)26-21(34-30(38)41-13-24(14(2)3)43-42-5)8-7-16-15(4)20(32)10-22(33-27)25(16)26/h2*9-10,14,21,24,39H,6-8,11-13H2,1-5H3,(H,34,38)/t21-,24+,31-;21-,24-,31-/m00/s1. The summed E-state index contributed by atoms with van der Waals surface area (Å²) in [6.07, 6.45) is 5.09. The molecule has 0 unspecified atom stereocenters. The number of amides is 2. The van der Waals surface area contributed by atoms with Crippen molar-refractivity contribution in [3.05, 3.63) is 123 Å². The van der Waals surface area contributed by atoms with Crippen LogP contribution in [0.15, 0.2) is 33.9 Å². The van der Waals surface area contributed by atoms with E-state index in [-0.39, 0.29) is 108 Å². The summed E-state index contributed by atoms with van der Waals surface area (Å²) in [4.78, 5) is 88.6. The van der Waals surface area contributed by atoms with Gasteiger partial charge in [0.15, 0.2) is 11.2 Å². The van der Waals surface area contributed by atoms with Crippen LogP contribution in [0.4, 0.5) is 18.4 Å². The molecule has 4 N–H and O–H groups in total. The highest BCUT2D eigenvalue weighted by Gasteiger charge is 2.48. The third-order valence-corrected chi connectivity index (χ3v) is 22.9. The molecule has 4 aromatic heterocycles. The van der Waals surface area contributed by atoms with Crippen molar-refractivity contribution >= 4 is 89.1 Å². The fourth-order valence-corrected chi connectivity index (χ4v) is 17.3. The SMILES string of the molecule is CC[C@@]1(O)C(=O)OCc2c1cc1n(c2=O)Cc2c-1nc1cc(F)c(C)c3c1c2[C@@H](NC(=O)OC[C@@H](SSC)C(C)C)CC3.CC[C@@]1(O)C(=O)OCc2c1cc1n(c2=O)Cc2c-1nc1cc(F)c(C)c3c1c2[C@@H](NC(=O)OC[C@H](SSC)C(C)C)CC3. The number of nitrogens with one attached hydrogen (secondary N) is 2. The van der Waals surface area contributed by atoms with E-state index in [4.69, 9.17) is 28.9 Å². The van der Waals surface area contributed by atoms with Crippen LogP contribution in [0, 0.1) is 37.3 Å². The first-order valence-electron chi connectivity index (χ1n) is 28.9. The van der Waals surface area contributed by atoms with E-state index in [0.717, 1.165) is 44.2 Å². The predicted molar refractivity (Wildman–Crippen MR) is 329 cm³/mol. The molecule has 6 aromatic rings. The number of halogens is 2. The molecule has 0 fully saturated rings. The van der Waals surface area contributed by atoms with Crippen molar-refractivity contribution < 1.29 is 57.1 Å². The average molecular weight is 1260 g/mol. The summed E-state index contributed by atoms with van der Waals surface area (Å²) in [5.74, 6) is -1.70. The van der Waals surface area contributed by atoms with Crippen molar-refractivity contribution in [1.29, 1.82) is 0 Å². The van der Waals surface area contributed by atoms with Crippen molar-refractivity contribution in [1.82, 2.24) is 29.7 Å². The summed E-state index contributed by atoms with van der Waals surface area (Å²) in [5.41, 5.74) is 4.67. The summed E-state index contributed by atoms with van der Waals surface area (Å²) < 4.78 is 55.1. The van der Waals surface area contributed by atoms with Crippen LogP contribution in [0.3, 0.4) is 0 Å². The van der Waals surface area contributed by atoms with E-state index in [0.29, 0.717) is 82.5 Å². The van der Waals surface area contributed by atoms with Crippen LogP contribution in [0.2, 0.25) is 0 Å². The molecule has 2 amide bonds. The first kappa shape index (κ1) is 61.5. The highest BCUT2D eigenvalue weighted by molar-refractivity contribution is 8.77. The number of rotatable bonds is 14. The van der Waals surface area contributed by atoms with Crippen LogP contribution in [-0.4, -0.2) is 89.7 Å². The van der Waals surface area contributed by atoms with Gasteiger partial charge in [0.1, 0.15) is 38.1 Å². The highest BCUT2D eigenvalue weighted by Crippen LogP contribution is 2.49. The van der Waals surface area contributed by atoms with Gasteiger partial charge in [-0.2, -0.15) is 0 Å². The monoisotopic (exact) mass is 1250 g/mol. The number of esters is 2. The lowest BCUT2D eigenvalue weighted by Crippen LogP contribution is -2.44. The Morgan fingerprint density at radius 1 is 0.651 bits per heavy atom. The number of fused-ring (bicyclic) bond motifs is 10. The van der Waals surface area contributed by atoms with Gasteiger partial charge in [-0.1, -0.05) is 84.7 Å². The number of ether oxygens (including phenoxy) is 4. The lowest BCUT2D eigenvalue weighted by molar-refractivity contribution is -0.172. The van der Waals surface area contributed by atoms with Gasteiger partial charge >= 0.3 is 24.1 Å². The van der Waals surface area contributed by atoms with Crippen molar-refractivity contribution in [3.8, 4) is 22.8 Å². The van der Waals surface area contributed by atoms with Crippen molar-refractivity contribution in [3.63, 3.8) is 0 Å². The van der Waals surface area contributed by atoms with Crippen LogP contribution in [0.1, 0.15) is 146 Å². The molecule has 4 aliphatic heterocycles. The Labute approximate surface area is 510 Å². The number of aryl methyl sites for hydroxylation is 2. The fraction of sp³-hybridized carbons (Fsp3) is 0.484. The van der Waals surface area contributed by atoms with Gasteiger partial charge in [0.2, 0.25) is 0 Å². The van der Waals surface area contributed by atoms with Gasteiger partial charge < -0.3 is 48.9 Å². The molecule has 8 heterocycles. The Kier molecular flexibility index (Phi) is 17.0. The largest absolute Gasteiger partial charge is 0.458 e. The van der Waals surface area contributed by atoms with Crippen LogP contribution < -0.4 is 21.8 Å². The first-order chi connectivity index (χ1) is 41.0. The smallest absolute Gasteiger partial charge is 0.407 e. The number of aromatic nitrogens is 4. The lowest BCUT2D eigenvalue weighted by Gasteiger charge is -2.31. The molecule has 2 aliphatic carbocycles. The zero-order chi connectivity index (χ0) is 61.6. The summed E-state index contributed by atoms with van der Waals surface area (Å²) in [7, 11) is 6.61. The maximum absolute atomic E-state index is 15.1. The molecule has 0 bridgehead atoms. The van der Waals surface area contributed by atoms with Crippen LogP contribution in [-0.2, 0) is 78.9 Å². The maximum Gasteiger partial charge on any atom is 0.407 e. The van der Waals surface area contributed by atoms with E-state index in [1.807, 2.05) is 12.5 Å². The average Bonchev–Trinajstić information content (AvgIpc) is 1.49. The number of hydrogen-bond acceptors (Lipinski definition) is 18. The Balaban J connectivity index is 0.000000179. The molecule has 0 spiro atoms. The number of benzene rings is 2. The summed E-state index contributed by atoms with van der Waals surface area (Å²) in [6.45, 7) is 15.6. The molecule has 2 aromatic carbocycles. The summed E-state index contributed by atoms with van der Waals surface area (Å²) >= 11 is 0. The molecular formula is C62H68F2N6O12S4. The molecule has 12 rings (SSSR count). The number of aliphatic hydroxyl groups is 2. The zero-order valence-corrected chi connectivity index (χ0v) is 52.7. The van der Waals surface area contributed by atoms with Gasteiger partial charge in [0, 0.05) is 45.2 Å². The van der Waals surface area contributed by atoms with Crippen LogP contribution >= 0.6 is 43.2 Å². The van der Waals surface area contributed by atoms with E-state index in [1.165, 1.54) is 12.1 Å². The zero-order valence-electron chi connectivity index (χ0n) is 49.4. The Hall–Kier alpha value is -6.18. The molecular weight excluding hydrogens is 1190 g/mol. The minimum absolute atomic E-state index is 0.0278. The van der Waals surface area contributed by atoms with Crippen LogP contribution in [0.25, 0.3) is 44.6 Å². The Bertz CT molecular complexity index is 3740. The van der Waals surface area contributed by atoms with Gasteiger partial charge in [-0.3, -0.25) is 9.59 Å². The van der Waals surface area contributed by atoms with Gasteiger partial charge in [-0.05, 0) is 122 Å². The van der Waals surface area contributed by atoms with Gasteiger partial charge in [0.05, 0.1) is 80.6 Å². The van der Waals surface area contributed by atoms with E-state index < -0.39 is 47.4 Å². The summed E-state index contributed by atoms with van der Waals surface area (Å²) in [6, 6.07) is 5.16. The third-order valence-electron chi connectivity index (χ3n) is 18.0. The number of hydrogen-bond donors (Lipinski definition) is 4. The van der Waals surface area contributed by atoms with Crippen LogP contribution in [0.5, 0.6) is 0 Å². The minimum atomic E-state index is -1.96. The fourth-order valence-electron chi connectivity index (χ4n) is 13.0. The molecule has 0 saturated carbocycles. The molecule has 6 aliphatic rings. The minimum Gasteiger partial charge on any atom is -0.458 e. The quantitative estimate of drug-likeness (QED) is 0.0450. The number of cyclic esters (lactones) is 2. The topological polar surface area (TPSA) is 240 Å². The molecule has 24 heteroatoms. The highest BCUT2D eigenvalue weighted by atomic mass is 33.1. The second-order valence-electron chi connectivity index (χ2n) is 23.4. The van der Waals surface area contributed by atoms with Gasteiger partial charge in [0.25, 0.3) is 11.1 Å². The van der Waals surface area contributed by atoms with E-state index in [2.05, 4.69) is 38.3 Å². The van der Waals surface area contributed by atoms with Crippen molar-refractivity contribution in [2.75, 3.05) is 25.7 Å². The van der Waals surface area contributed by atoms with Crippen molar-refractivity contribution in [2.45, 2.75) is 154 Å². The number of alkyl carbamates (subject to hydrolysis) is 2. The number of nitrogens with zero attached hydrogens (tertiary/aromatic N) is 4. The summed E-state index contributed by atoms with van der Waals surface area (Å²) in [5, 5.41) is 30.4. The normalized spacial score (nSPS) is 20.8. The predicted octanol–water partition coefficient (Wildman–Crippen LogP) is 10.6. The van der Waals surface area contributed by atoms with Crippen molar-refractivity contribution in [2.24, 2.45) is 11.8 Å². The number of pyridine rings is 4. The first-order valence-corrected chi connectivity index (χ1v) is 34.1. The second kappa shape index (κ2) is 23.7. The lowest BCUT2D eigenvalue weighted by atomic mass is 9.81.